The van der Waals surface area contributed by atoms with E-state index in [4.69, 9.17) is 9.84 Å². The van der Waals surface area contributed by atoms with Crippen molar-refractivity contribution in [1.29, 1.82) is 0 Å². The van der Waals surface area contributed by atoms with Crippen LogP contribution in [-0.4, -0.2) is 17.7 Å². The van der Waals surface area contributed by atoms with Gasteiger partial charge in [-0.15, -0.1) is 6.58 Å². The zero-order chi connectivity index (χ0) is 11.8. The van der Waals surface area contributed by atoms with Gasteiger partial charge in [-0.1, -0.05) is 24.3 Å². The average Bonchev–Trinajstić information content (AvgIpc) is 2.26. The quantitative estimate of drug-likeness (QED) is 0.589. The summed E-state index contributed by atoms with van der Waals surface area (Å²) in [5, 5.41) is 8.39. The second-order valence-electron chi connectivity index (χ2n) is 3.15. The molecule has 0 amide bonds. The SMILES string of the molecule is C=CCc1ccccc1OCC=CC(=O)O. The Morgan fingerprint density at radius 2 is 2.19 bits per heavy atom. The zero-order valence-corrected chi connectivity index (χ0v) is 8.93. The number of para-hydroxylation sites is 1. The second kappa shape index (κ2) is 6.45. The monoisotopic (exact) mass is 218 g/mol. The third-order valence-corrected chi connectivity index (χ3v) is 1.93. The standard InChI is InChI=1S/C13H14O3/c1-2-6-11-7-3-4-8-12(11)16-10-5-9-13(14)15/h2-5,7-9H,1,6,10H2,(H,14,15). The largest absolute Gasteiger partial charge is 0.489 e. The van der Waals surface area contributed by atoms with E-state index in [1.807, 2.05) is 24.3 Å². The number of carboxylic acid groups (broad SMARTS) is 1. The summed E-state index contributed by atoms with van der Waals surface area (Å²) in [4.78, 5) is 10.2. The third kappa shape index (κ3) is 4.00. The van der Waals surface area contributed by atoms with Crippen molar-refractivity contribution in [1.82, 2.24) is 0 Å². The molecule has 3 nitrogen and oxygen atoms in total. The second-order valence-corrected chi connectivity index (χ2v) is 3.15. The summed E-state index contributed by atoms with van der Waals surface area (Å²) < 4.78 is 5.44. The third-order valence-electron chi connectivity index (χ3n) is 1.93. The number of allylic oxidation sites excluding steroid dienone is 1. The smallest absolute Gasteiger partial charge is 0.328 e. The van der Waals surface area contributed by atoms with Crippen LogP contribution in [0.3, 0.4) is 0 Å². The summed E-state index contributed by atoms with van der Waals surface area (Å²) in [6.45, 7) is 3.92. The highest BCUT2D eigenvalue weighted by Crippen LogP contribution is 2.18. The van der Waals surface area contributed by atoms with E-state index in [2.05, 4.69) is 6.58 Å². The van der Waals surface area contributed by atoms with E-state index >= 15 is 0 Å². The van der Waals surface area contributed by atoms with E-state index in [1.165, 1.54) is 6.08 Å². The molecule has 1 N–H and O–H groups in total. The van der Waals surface area contributed by atoms with Crippen LogP contribution < -0.4 is 4.74 Å². The van der Waals surface area contributed by atoms with Crippen LogP contribution in [0.4, 0.5) is 0 Å². The van der Waals surface area contributed by atoms with Gasteiger partial charge in [0.1, 0.15) is 12.4 Å². The first-order valence-corrected chi connectivity index (χ1v) is 4.95. The van der Waals surface area contributed by atoms with Crippen molar-refractivity contribution in [2.75, 3.05) is 6.61 Å². The van der Waals surface area contributed by atoms with Crippen LogP contribution in [0.1, 0.15) is 5.56 Å². The van der Waals surface area contributed by atoms with Gasteiger partial charge in [0.05, 0.1) is 0 Å². The Balaban J connectivity index is 2.58. The van der Waals surface area contributed by atoms with Gasteiger partial charge in [-0.05, 0) is 24.1 Å². The van der Waals surface area contributed by atoms with E-state index in [0.29, 0.717) is 0 Å². The normalized spacial score (nSPS) is 10.2. The van der Waals surface area contributed by atoms with E-state index in [0.717, 1.165) is 23.8 Å². The number of hydrogen-bond donors (Lipinski definition) is 1. The molecule has 0 aliphatic rings. The molecule has 1 aromatic carbocycles. The van der Waals surface area contributed by atoms with Crippen molar-refractivity contribution < 1.29 is 14.6 Å². The first-order chi connectivity index (χ1) is 7.74. The summed E-state index contributed by atoms with van der Waals surface area (Å²) in [5.74, 6) is -0.208. The van der Waals surface area contributed by atoms with Gasteiger partial charge in [-0.3, -0.25) is 0 Å². The summed E-state index contributed by atoms with van der Waals surface area (Å²) in [6.07, 6.45) is 5.07. The van der Waals surface area contributed by atoms with E-state index in [1.54, 1.807) is 6.08 Å². The molecule has 0 unspecified atom stereocenters. The van der Waals surface area contributed by atoms with Crippen molar-refractivity contribution in [2.45, 2.75) is 6.42 Å². The Kier molecular flexibility index (Phi) is 4.86. The molecule has 16 heavy (non-hydrogen) atoms. The summed E-state index contributed by atoms with van der Waals surface area (Å²) in [6, 6.07) is 7.62. The van der Waals surface area contributed by atoms with Crippen LogP contribution in [0.2, 0.25) is 0 Å². The van der Waals surface area contributed by atoms with Gasteiger partial charge in [0, 0.05) is 6.08 Å². The number of carbonyl (C=O) groups is 1. The molecule has 0 aliphatic heterocycles. The predicted molar refractivity (Wildman–Crippen MR) is 62.6 cm³/mol. The molecule has 1 aromatic rings. The van der Waals surface area contributed by atoms with Crippen molar-refractivity contribution in [2.24, 2.45) is 0 Å². The highest BCUT2D eigenvalue weighted by atomic mass is 16.5. The van der Waals surface area contributed by atoms with E-state index in [-0.39, 0.29) is 6.61 Å². The zero-order valence-electron chi connectivity index (χ0n) is 8.93. The summed E-state index contributed by atoms with van der Waals surface area (Å²) in [7, 11) is 0. The van der Waals surface area contributed by atoms with Gasteiger partial charge in [0.2, 0.25) is 0 Å². The van der Waals surface area contributed by atoms with Gasteiger partial charge in [-0.2, -0.15) is 0 Å². The van der Waals surface area contributed by atoms with Crippen LogP contribution in [0.5, 0.6) is 5.75 Å². The molecule has 0 atom stereocenters. The lowest BCUT2D eigenvalue weighted by Crippen LogP contribution is -1.98. The molecule has 0 spiro atoms. The maximum atomic E-state index is 10.2. The minimum absolute atomic E-state index is 0.250. The maximum absolute atomic E-state index is 10.2. The lowest BCUT2D eigenvalue weighted by atomic mass is 10.1. The first-order valence-electron chi connectivity index (χ1n) is 4.95. The Labute approximate surface area is 94.7 Å². The lowest BCUT2D eigenvalue weighted by molar-refractivity contribution is -0.131. The molecule has 0 bridgehead atoms. The number of carboxylic acids is 1. The number of aliphatic carboxylic acids is 1. The van der Waals surface area contributed by atoms with Gasteiger partial charge in [0.25, 0.3) is 0 Å². The molecule has 0 radical (unpaired) electrons. The van der Waals surface area contributed by atoms with Crippen molar-refractivity contribution in [3.63, 3.8) is 0 Å². The topological polar surface area (TPSA) is 46.5 Å². The Hall–Kier alpha value is -2.03. The van der Waals surface area contributed by atoms with Crippen LogP contribution in [0.25, 0.3) is 0 Å². The van der Waals surface area contributed by atoms with Gasteiger partial charge >= 0.3 is 5.97 Å². The van der Waals surface area contributed by atoms with Crippen LogP contribution in [0.15, 0.2) is 49.1 Å². The molecular formula is C13H14O3. The number of rotatable bonds is 6. The molecule has 0 heterocycles. The Morgan fingerprint density at radius 3 is 2.88 bits per heavy atom. The molecule has 0 aromatic heterocycles. The molecule has 0 saturated heterocycles. The summed E-state index contributed by atoms with van der Waals surface area (Å²) in [5.41, 5.74) is 1.04. The minimum Gasteiger partial charge on any atom is -0.489 e. The molecule has 0 saturated carbocycles. The Morgan fingerprint density at radius 1 is 1.44 bits per heavy atom. The predicted octanol–water partition coefficient (Wildman–Crippen LogP) is 2.43. The molecular weight excluding hydrogens is 204 g/mol. The van der Waals surface area contributed by atoms with Crippen LogP contribution in [-0.2, 0) is 11.2 Å². The molecule has 1 rings (SSSR count). The van der Waals surface area contributed by atoms with E-state index in [9.17, 15) is 4.79 Å². The van der Waals surface area contributed by atoms with Gasteiger partial charge in [-0.25, -0.2) is 4.79 Å². The van der Waals surface area contributed by atoms with Gasteiger partial charge in [0.15, 0.2) is 0 Å². The number of benzene rings is 1. The lowest BCUT2D eigenvalue weighted by Gasteiger charge is -2.07. The van der Waals surface area contributed by atoms with Crippen molar-refractivity contribution >= 4 is 5.97 Å². The van der Waals surface area contributed by atoms with Crippen LogP contribution >= 0.6 is 0 Å². The van der Waals surface area contributed by atoms with Crippen molar-refractivity contribution in [3.05, 3.63) is 54.6 Å². The highest BCUT2D eigenvalue weighted by molar-refractivity contribution is 5.79. The molecule has 0 aliphatic carbocycles. The van der Waals surface area contributed by atoms with Crippen LogP contribution in [0, 0.1) is 0 Å². The first kappa shape index (κ1) is 12.0. The molecule has 84 valence electrons. The fraction of sp³-hybridized carbons (Fsp3) is 0.154. The summed E-state index contributed by atoms with van der Waals surface area (Å²) >= 11 is 0. The maximum Gasteiger partial charge on any atom is 0.328 e. The number of hydrogen-bond acceptors (Lipinski definition) is 2. The molecule has 3 heteroatoms. The minimum atomic E-state index is -0.969. The molecule has 0 fully saturated rings. The highest BCUT2D eigenvalue weighted by Gasteiger charge is 1.99. The number of ether oxygens (including phenoxy) is 1. The fourth-order valence-corrected chi connectivity index (χ4v) is 1.26. The van der Waals surface area contributed by atoms with Crippen molar-refractivity contribution in [3.8, 4) is 5.75 Å². The fourth-order valence-electron chi connectivity index (χ4n) is 1.26. The van der Waals surface area contributed by atoms with E-state index < -0.39 is 5.97 Å². The van der Waals surface area contributed by atoms with Gasteiger partial charge < -0.3 is 9.84 Å². The average molecular weight is 218 g/mol. The Bertz CT molecular complexity index is 394.